The van der Waals surface area contributed by atoms with Crippen molar-refractivity contribution >= 4 is 33.5 Å². The van der Waals surface area contributed by atoms with Crippen LogP contribution in [0.25, 0.3) is 0 Å². The molecule has 9 nitrogen and oxygen atoms in total. The molecule has 154 valence electrons. The van der Waals surface area contributed by atoms with Crippen molar-refractivity contribution in [3.05, 3.63) is 59.7 Å². The molecule has 0 radical (unpaired) electrons. The second kappa shape index (κ2) is 9.80. The van der Waals surface area contributed by atoms with E-state index >= 15 is 0 Å². The van der Waals surface area contributed by atoms with Crippen LogP contribution < -0.4 is 15.8 Å². The SMILES string of the molecule is CC(=O)Nc1ccc(C(=O)OCC(=O)NCCc2ccc(S(N)(=O)=O)cc2)cc1. The van der Waals surface area contributed by atoms with Gasteiger partial charge in [0.15, 0.2) is 6.61 Å². The number of anilines is 1. The lowest BCUT2D eigenvalue weighted by Crippen LogP contribution is -2.30. The van der Waals surface area contributed by atoms with E-state index in [1.165, 1.54) is 31.2 Å². The fourth-order valence-electron chi connectivity index (χ4n) is 2.35. The maximum atomic E-state index is 11.9. The molecule has 0 aliphatic rings. The highest BCUT2D eigenvalue weighted by molar-refractivity contribution is 7.89. The molecule has 0 bridgehead atoms. The molecular weight excluding hydrogens is 398 g/mol. The zero-order chi connectivity index (χ0) is 21.4. The van der Waals surface area contributed by atoms with Crippen LogP contribution in [0, 0.1) is 0 Å². The average Bonchev–Trinajstić information content (AvgIpc) is 2.66. The Morgan fingerprint density at radius 1 is 1.00 bits per heavy atom. The molecule has 0 atom stereocenters. The van der Waals surface area contributed by atoms with Crippen molar-refractivity contribution in [1.29, 1.82) is 0 Å². The third kappa shape index (κ3) is 7.35. The molecule has 2 amide bonds. The summed E-state index contributed by atoms with van der Waals surface area (Å²) in [4.78, 5) is 34.7. The van der Waals surface area contributed by atoms with Crippen LogP contribution in [0.5, 0.6) is 0 Å². The number of hydrogen-bond acceptors (Lipinski definition) is 6. The van der Waals surface area contributed by atoms with Crippen LogP contribution in [0.15, 0.2) is 53.4 Å². The Hall–Kier alpha value is -3.24. The Kier molecular flexibility index (Phi) is 7.46. The van der Waals surface area contributed by atoms with Gasteiger partial charge in [0.25, 0.3) is 5.91 Å². The fourth-order valence-corrected chi connectivity index (χ4v) is 2.87. The zero-order valence-electron chi connectivity index (χ0n) is 15.7. The number of primary sulfonamides is 1. The van der Waals surface area contributed by atoms with Crippen molar-refractivity contribution < 1.29 is 27.5 Å². The molecule has 10 heteroatoms. The maximum Gasteiger partial charge on any atom is 0.338 e. The minimum absolute atomic E-state index is 0.0160. The van der Waals surface area contributed by atoms with E-state index in [2.05, 4.69) is 10.6 Å². The number of carbonyl (C=O) groups is 3. The first-order chi connectivity index (χ1) is 13.6. The quantitative estimate of drug-likeness (QED) is 0.540. The van der Waals surface area contributed by atoms with E-state index in [1.807, 2.05) is 0 Å². The molecule has 4 N–H and O–H groups in total. The predicted octanol–water partition coefficient (Wildman–Crippen LogP) is 0.808. The molecule has 2 aromatic carbocycles. The van der Waals surface area contributed by atoms with Crippen molar-refractivity contribution in [2.45, 2.75) is 18.2 Å². The van der Waals surface area contributed by atoms with Gasteiger partial charge in [-0.3, -0.25) is 9.59 Å². The lowest BCUT2D eigenvalue weighted by Gasteiger charge is -2.08. The molecule has 0 unspecified atom stereocenters. The third-order valence-corrected chi connectivity index (χ3v) is 4.69. The Balaban J connectivity index is 1.74. The molecule has 0 heterocycles. The summed E-state index contributed by atoms with van der Waals surface area (Å²) in [5.74, 6) is -1.35. The molecule has 0 aliphatic carbocycles. The number of amides is 2. The van der Waals surface area contributed by atoms with E-state index in [4.69, 9.17) is 9.88 Å². The summed E-state index contributed by atoms with van der Waals surface area (Å²) in [5, 5.41) is 10.2. The number of hydrogen-bond donors (Lipinski definition) is 3. The van der Waals surface area contributed by atoms with E-state index in [-0.39, 0.29) is 22.9 Å². The van der Waals surface area contributed by atoms with Crippen LogP contribution in [0.2, 0.25) is 0 Å². The number of rotatable bonds is 8. The molecular formula is C19H21N3O6S. The number of carbonyl (C=O) groups excluding carboxylic acids is 3. The molecule has 0 spiro atoms. The van der Waals surface area contributed by atoms with Crippen molar-refractivity contribution in [3.8, 4) is 0 Å². The summed E-state index contributed by atoms with van der Waals surface area (Å²) < 4.78 is 27.3. The number of nitrogens with one attached hydrogen (secondary N) is 2. The Morgan fingerprint density at radius 2 is 1.62 bits per heavy atom. The molecule has 0 fully saturated rings. The van der Waals surface area contributed by atoms with Gasteiger partial charge in [0, 0.05) is 19.2 Å². The van der Waals surface area contributed by atoms with Crippen LogP contribution >= 0.6 is 0 Å². The van der Waals surface area contributed by atoms with Gasteiger partial charge < -0.3 is 15.4 Å². The molecule has 29 heavy (non-hydrogen) atoms. The van der Waals surface area contributed by atoms with Crippen LogP contribution in [-0.2, 0) is 30.8 Å². The first-order valence-corrected chi connectivity index (χ1v) is 10.1. The van der Waals surface area contributed by atoms with Crippen molar-refractivity contribution in [1.82, 2.24) is 5.32 Å². The first-order valence-electron chi connectivity index (χ1n) is 8.58. The Labute approximate surface area is 168 Å². The molecule has 2 rings (SSSR count). The Bertz CT molecular complexity index is 986. The third-order valence-electron chi connectivity index (χ3n) is 3.76. The monoisotopic (exact) mass is 419 g/mol. The summed E-state index contributed by atoms with van der Waals surface area (Å²) in [6, 6.07) is 12.1. The predicted molar refractivity (Wildman–Crippen MR) is 106 cm³/mol. The number of ether oxygens (including phenoxy) is 1. The molecule has 2 aromatic rings. The van der Waals surface area contributed by atoms with E-state index < -0.39 is 28.5 Å². The van der Waals surface area contributed by atoms with Gasteiger partial charge in [0.2, 0.25) is 15.9 Å². The minimum Gasteiger partial charge on any atom is -0.452 e. The van der Waals surface area contributed by atoms with Crippen LogP contribution in [-0.4, -0.2) is 39.4 Å². The van der Waals surface area contributed by atoms with Gasteiger partial charge in [-0.15, -0.1) is 0 Å². The van der Waals surface area contributed by atoms with Crippen LogP contribution in [0.4, 0.5) is 5.69 Å². The van der Waals surface area contributed by atoms with Crippen LogP contribution in [0.1, 0.15) is 22.8 Å². The van der Waals surface area contributed by atoms with E-state index in [9.17, 15) is 22.8 Å². The van der Waals surface area contributed by atoms with Gasteiger partial charge in [-0.25, -0.2) is 18.4 Å². The van der Waals surface area contributed by atoms with Gasteiger partial charge in [0.05, 0.1) is 10.5 Å². The first kappa shape index (κ1) is 22.1. The zero-order valence-corrected chi connectivity index (χ0v) is 16.5. The van der Waals surface area contributed by atoms with Gasteiger partial charge in [-0.05, 0) is 48.4 Å². The smallest absolute Gasteiger partial charge is 0.338 e. The highest BCUT2D eigenvalue weighted by atomic mass is 32.2. The number of nitrogens with two attached hydrogens (primary N) is 1. The van der Waals surface area contributed by atoms with Crippen LogP contribution in [0.3, 0.4) is 0 Å². The fraction of sp³-hybridized carbons (Fsp3) is 0.211. The van der Waals surface area contributed by atoms with Crippen molar-refractivity contribution in [2.75, 3.05) is 18.5 Å². The van der Waals surface area contributed by atoms with Gasteiger partial charge >= 0.3 is 5.97 Å². The van der Waals surface area contributed by atoms with E-state index in [1.54, 1.807) is 24.3 Å². The normalized spacial score (nSPS) is 10.8. The van der Waals surface area contributed by atoms with Crippen molar-refractivity contribution in [3.63, 3.8) is 0 Å². The standard InChI is InChI=1S/C19H21N3O6S/c1-13(23)22-16-6-4-15(5-7-16)19(25)28-12-18(24)21-11-10-14-2-8-17(9-3-14)29(20,26)27/h2-9H,10-12H2,1H3,(H,21,24)(H,22,23)(H2,20,26,27). The topological polar surface area (TPSA) is 145 Å². The second-order valence-corrected chi connectivity index (χ2v) is 7.69. The van der Waals surface area contributed by atoms with E-state index in [0.29, 0.717) is 12.1 Å². The summed E-state index contributed by atoms with van der Waals surface area (Å²) in [5.41, 5.74) is 1.61. The number of esters is 1. The Morgan fingerprint density at radius 3 is 2.17 bits per heavy atom. The number of benzene rings is 2. The molecule has 0 saturated heterocycles. The lowest BCUT2D eigenvalue weighted by atomic mass is 10.1. The molecule has 0 saturated carbocycles. The minimum atomic E-state index is -3.74. The maximum absolute atomic E-state index is 11.9. The summed E-state index contributed by atoms with van der Waals surface area (Å²) in [6.07, 6.45) is 0.467. The summed E-state index contributed by atoms with van der Waals surface area (Å²) >= 11 is 0. The highest BCUT2D eigenvalue weighted by Gasteiger charge is 2.11. The second-order valence-electron chi connectivity index (χ2n) is 6.12. The van der Waals surface area contributed by atoms with Gasteiger partial charge in [-0.1, -0.05) is 12.1 Å². The molecule has 0 aromatic heterocycles. The van der Waals surface area contributed by atoms with Gasteiger partial charge in [-0.2, -0.15) is 0 Å². The summed E-state index contributed by atoms with van der Waals surface area (Å²) in [6.45, 7) is 1.23. The van der Waals surface area contributed by atoms with Crippen molar-refractivity contribution in [2.24, 2.45) is 5.14 Å². The highest BCUT2D eigenvalue weighted by Crippen LogP contribution is 2.11. The molecule has 0 aliphatic heterocycles. The number of sulfonamides is 1. The van der Waals surface area contributed by atoms with Gasteiger partial charge in [0.1, 0.15) is 0 Å². The largest absolute Gasteiger partial charge is 0.452 e. The van der Waals surface area contributed by atoms with E-state index in [0.717, 1.165) is 5.56 Å². The average molecular weight is 419 g/mol. The lowest BCUT2D eigenvalue weighted by molar-refractivity contribution is -0.124. The summed E-state index contributed by atoms with van der Waals surface area (Å²) in [7, 11) is -3.74.